The van der Waals surface area contributed by atoms with Gasteiger partial charge in [0, 0.05) is 63.8 Å². The summed E-state index contributed by atoms with van der Waals surface area (Å²) in [4.78, 5) is 27.9. The minimum Gasteiger partial charge on any atom is -0.478 e. The lowest BCUT2D eigenvalue weighted by molar-refractivity contribution is 0.0603. The molecule has 2 aromatic heterocycles. The summed E-state index contributed by atoms with van der Waals surface area (Å²) < 4.78 is 3.34. The fraction of sp³-hybridized carbons (Fsp3) is 0.529. The van der Waals surface area contributed by atoms with E-state index in [0.717, 1.165) is 26.2 Å². The van der Waals surface area contributed by atoms with Gasteiger partial charge in [0.2, 0.25) is 0 Å². The predicted octanol–water partition coefficient (Wildman–Crippen LogP) is 0.601. The Kier molecular flexibility index (Phi) is 5.08. The van der Waals surface area contributed by atoms with Gasteiger partial charge in [0.1, 0.15) is 5.56 Å². The van der Waals surface area contributed by atoms with Gasteiger partial charge in [0.25, 0.3) is 5.91 Å². The molecule has 0 bridgehead atoms. The van der Waals surface area contributed by atoms with Crippen LogP contribution in [0.4, 0.5) is 0 Å². The van der Waals surface area contributed by atoms with E-state index in [1.165, 1.54) is 22.1 Å². The van der Waals surface area contributed by atoms with Crippen LogP contribution in [0.2, 0.25) is 0 Å². The summed E-state index contributed by atoms with van der Waals surface area (Å²) in [6.45, 7) is 8.36. The monoisotopic (exact) mass is 360 g/mol. The van der Waals surface area contributed by atoms with Crippen molar-refractivity contribution in [3.63, 3.8) is 0 Å². The second kappa shape index (κ2) is 7.28. The number of piperazine rings is 1. The fourth-order valence-electron chi connectivity index (χ4n) is 3.26. The van der Waals surface area contributed by atoms with Gasteiger partial charge in [0.05, 0.1) is 6.20 Å². The topological polar surface area (TPSA) is 96.5 Å². The van der Waals surface area contributed by atoms with Gasteiger partial charge in [-0.1, -0.05) is 0 Å². The number of nitrogens with zero attached hydrogens (tertiary/aromatic N) is 6. The van der Waals surface area contributed by atoms with Gasteiger partial charge in [-0.3, -0.25) is 19.1 Å². The van der Waals surface area contributed by atoms with Gasteiger partial charge in [-0.2, -0.15) is 10.2 Å². The molecule has 1 aliphatic rings. The van der Waals surface area contributed by atoms with Crippen LogP contribution < -0.4 is 0 Å². The van der Waals surface area contributed by atoms with Crippen LogP contribution in [0, 0.1) is 6.92 Å². The average molecular weight is 360 g/mol. The molecular formula is C17H24N6O3. The number of hydrogen-bond donors (Lipinski definition) is 1. The number of carbonyl (C=O) groups is 2. The summed E-state index contributed by atoms with van der Waals surface area (Å²) in [6.07, 6.45) is 3.27. The molecule has 0 radical (unpaired) electrons. The van der Waals surface area contributed by atoms with Crippen molar-refractivity contribution in [3.05, 3.63) is 34.9 Å². The summed E-state index contributed by atoms with van der Waals surface area (Å²) in [5.74, 6) is -1.46. The van der Waals surface area contributed by atoms with Gasteiger partial charge in [0.15, 0.2) is 5.69 Å². The zero-order chi connectivity index (χ0) is 18.8. The first-order chi connectivity index (χ1) is 12.4. The third kappa shape index (κ3) is 3.48. The molecule has 9 heteroatoms. The highest BCUT2D eigenvalue weighted by Crippen LogP contribution is 2.15. The van der Waals surface area contributed by atoms with Crippen molar-refractivity contribution in [3.8, 4) is 0 Å². The molecule has 140 valence electrons. The minimum absolute atomic E-state index is 0.00789. The number of hydrogen-bond acceptors (Lipinski definition) is 5. The molecule has 1 aliphatic heterocycles. The minimum atomic E-state index is -1.14. The molecule has 1 N–H and O–H groups in total. The van der Waals surface area contributed by atoms with E-state index in [1.807, 2.05) is 10.9 Å². The van der Waals surface area contributed by atoms with Gasteiger partial charge >= 0.3 is 5.97 Å². The number of carboxylic acids is 1. The Hall–Kier alpha value is -2.68. The second-order valence-corrected chi connectivity index (χ2v) is 6.51. The summed E-state index contributed by atoms with van der Waals surface area (Å²) in [5, 5.41) is 17.6. The Balaban J connectivity index is 1.62. The first kappa shape index (κ1) is 18.1. The lowest BCUT2D eigenvalue weighted by Crippen LogP contribution is -2.48. The lowest BCUT2D eigenvalue weighted by Gasteiger charge is -2.34. The third-order valence-electron chi connectivity index (χ3n) is 4.82. The summed E-state index contributed by atoms with van der Waals surface area (Å²) in [6, 6.07) is 0. The molecule has 1 fully saturated rings. The lowest BCUT2D eigenvalue weighted by atomic mass is 10.2. The molecule has 0 atom stereocenters. The highest BCUT2D eigenvalue weighted by molar-refractivity contribution is 6.03. The highest BCUT2D eigenvalue weighted by atomic mass is 16.4. The van der Waals surface area contributed by atoms with Crippen LogP contribution in [-0.2, 0) is 20.1 Å². The van der Waals surface area contributed by atoms with Gasteiger partial charge in [-0.05, 0) is 13.8 Å². The highest BCUT2D eigenvalue weighted by Gasteiger charge is 2.28. The second-order valence-electron chi connectivity index (χ2n) is 6.51. The fourth-order valence-corrected chi connectivity index (χ4v) is 3.26. The first-order valence-corrected chi connectivity index (χ1v) is 8.70. The molecular weight excluding hydrogens is 336 g/mol. The zero-order valence-electron chi connectivity index (χ0n) is 15.3. The van der Waals surface area contributed by atoms with Crippen LogP contribution in [0.15, 0.2) is 12.4 Å². The van der Waals surface area contributed by atoms with Crippen molar-refractivity contribution in [2.75, 3.05) is 26.2 Å². The maximum atomic E-state index is 12.7. The third-order valence-corrected chi connectivity index (χ3v) is 4.82. The number of rotatable bonds is 5. The molecule has 1 amide bonds. The van der Waals surface area contributed by atoms with Gasteiger partial charge in [-0.25, -0.2) is 4.79 Å². The number of amides is 1. The van der Waals surface area contributed by atoms with E-state index in [9.17, 15) is 14.7 Å². The summed E-state index contributed by atoms with van der Waals surface area (Å²) in [5.41, 5.74) is 2.33. The standard InChI is InChI=1S/C17H24N6O3/c1-4-23-12(2)13(9-18-23)10-21-5-7-22(8-6-21)16(24)15-14(17(25)26)11-20(3)19-15/h9,11H,4-8,10H2,1-3H3,(H,25,26). The summed E-state index contributed by atoms with van der Waals surface area (Å²) in [7, 11) is 1.61. The maximum absolute atomic E-state index is 12.7. The van der Waals surface area contributed by atoms with E-state index in [4.69, 9.17) is 0 Å². The van der Waals surface area contributed by atoms with Crippen molar-refractivity contribution in [2.45, 2.75) is 26.9 Å². The van der Waals surface area contributed by atoms with E-state index >= 15 is 0 Å². The Bertz CT molecular complexity index is 817. The molecule has 0 unspecified atom stereocenters. The molecule has 26 heavy (non-hydrogen) atoms. The average Bonchev–Trinajstić information content (AvgIpc) is 3.18. The van der Waals surface area contributed by atoms with Crippen molar-refractivity contribution < 1.29 is 14.7 Å². The van der Waals surface area contributed by atoms with Gasteiger partial charge < -0.3 is 10.0 Å². The number of aryl methyl sites for hydroxylation is 2. The quantitative estimate of drug-likeness (QED) is 0.839. The van der Waals surface area contributed by atoms with Crippen molar-refractivity contribution in [1.82, 2.24) is 29.4 Å². The van der Waals surface area contributed by atoms with E-state index < -0.39 is 5.97 Å². The Morgan fingerprint density at radius 3 is 2.50 bits per heavy atom. The van der Waals surface area contributed by atoms with E-state index in [1.54, 1.807) is 11.9 Å². The van der Waals surface area contributed by atoms with Crippen molar-refractivity contribution >= 4 is 11.9 Å². The molecule has 0 spiro atoms. The zero-order valence-corrected chi connectivity index (χ0v) is 15.3. The van der Waals surface area contributed by atoms with E-state index in [-0.39, 0.29) is 17.2 Å². The Morgan fingerprint density at radius 2 is 1.92 bits per heavy atom. The molecule has 2 aromatic rings. The van der Waals surface area contributed by atoms with E-state index in [2.05, 4.69) is 28.9 Å². The largest absolute Gasteiger partial charge is 0.478 e. The van der Waals surface area contributed by atoms with Crippen LogP contribution in [0.1, 0.15) is 39.0 Å². The van der Waals surface area contributed by atoms with Crippen LogP contribution in [-0.4, -0.2) is 72.5 Å². The van der Waals surface area contributed by atoms with Crippen molar-refractivity contribution in [1.29, 1.82) is 0 Å². The number of carboxylic acid groups (broad SMARTS) is 1. The Morgan fingerprint density at radius 1 is 1.23 bits per heavy atom. The maximum Gasteiger partial charge on any atom is 0.339 e. The molecule has 9 nitrogen and oxygen atoms in total. The molecule has 0 aromatic carbocycles. The van der Waals surface area contributed by atoms with Crippen molar-refractivity contribution in [2.24, 2.45) is 7.05 Å². The smallest absolute Gasteiger partial charge is 0.339 e. The molecule has 0 aliphatic carbocycles. The number of aromatic carboxylic acids is 1. The molecule has 1 saturated heterocycles. The normalized spacial score (nSPS) is 15.4. The molecule has 3 rings (SSSR count). The van der Waals surface area contributed by atoms with Gasteiger partial charge in [-0.15, -0.1) is 0 Å². The van der Waals surface area contributed by atoms with E-state index in [0.29, 0.717) is 13.1 Å². The first-order valence-electron chi connectivity index (χ1n) is 8.70. The van der Waals surface area contributed by atoms with Crippen LogP contribution in [0.3, 0.4) is 0 Å². The number of aromatic nitrogens is 4. The molecule has 3 heterocycles. The van der Waals surface area contributed by atoms with Crippen LogP contribution in [0.25, 0.3) is 0 Å². The predicted molar refractivity (Wildman–Crippen MR) is 94.0 cm³/mol. The number of carbonyl (C=O) groups excluding carboxylic acids is 1. The Labute approximate surface area is 151 Å². The SMILES string of the molecule is CCn1ncc(CN2CCN(C(=O)c3nn(C)cc3C(=O)O)CC2)c1C. The molecule has 0 saturated carbocycles. The summed E-state index contributed by atoms with van der Waals surface area (Å²) >= 11 is 0. The van der Waals surface area contributed by atoms with Crippen LogP contribution >= 0.6 is 0 Å². The van der Waals surface area contributed by atoms with Crippen LogP contribution in [0.5, 0.6) is 0 Å².